The molecule has 0 aliphatic heterocycles. The molecule has 0 saturated carbocycles. The maximum Gasteiger partial charge on any atom is 0.222 e. The van der Waals surface area contributed by atoms with E-state index < -0.39 is 0 Å². The third-order valence-corrected chi connectivity index (χ3v) is 2.91. The highest BCUT2D eigenvalue weighted by atomic mass is 16.1. The van der Waals surface area contributed by atoms with Gasteiger partial charge < -0.3 is 5.32 Å². The molecule has 1 amide bonds. The molecule has 0 aromatic rings. The van der Waals surface area contributed by atoms with Gasteiger partial charge in [-0.3, -0.25) is 4.79 Å². The summed E-state index contributed by atoms with van der Waals surface area (Å²) in [5, 5.41) is 3.13. The van der Waals surface area contributed by atoms with Crippen LogP contribution < -0.4 is 5.32 Å². The molecule has 22 heavy (non-hydrogen) atoms. The summed E-state index contributed by atoms with van der Waals surface area (Å²) >= 11 is 0. The van der Waals surface area contributed by atoms with Crippen LogP contribution in [0, 0.1) is 11.8 Å². The van der Waals surface area contributed by atoms with Crippen molar-refractivity contribution in [2.24, 2.45) is 11.8 Å². The van der Waals surface area contributed by atoms with E-state index in [1.54, 1.807) is 0 Å². The van der Waals surface area contributed by atoms with Crippen molar-refractivity contribution in [1.82, 2.24) is 5.32 Å². The second kappa shape index (κ2) is 32.4. The Morgan fingerprint density at radius 2 is 1.05 bits per heavy atom. The van der Waals surface area contributed by atoms with Crippen LogP contribution in [-0.2, 0) is 4.79 Å². The zero-order chi connectivity index (χ0) is 19.1. The van der Waals surface area contributed by atoms with Crippen molar-refractivity contribution in [3.8, 4) is 0 Å². The monoisotopic (exact) mass is 319 g/mol. The van der Waals surface area contributed by atoms with Gasteiger partial charge in [0.05, 0.1) is 0 Å². The number of carbonyl (C=O) groups is 1. The number of amides is 1. The van der Waals surface area contributed by atoms with Gasteiger partial charge in [-0.25, -0.2) is 0 Å². The molecule has 1 N–H and O–H groups in total. The number of rotatable bonds is 6. The second-order valence-corrected chi connectivity index (χ2v) is 4.25. The van der Waals surface area contributed by atoms with Crippen molar-refractivity contribution in [2.75, 3.05) is 0 Å². The Kier molecular flexibility index (Phi) is 48.9. The lowest BCUT2D eigenvalue weighted by molar-refractivity contribution is -0.125. The molecule has 0 aromatic heterocycles. The highest BCUT2D eigenvalue weighted by Gasteiger charge is 2.19. The van der Waals surface area contributed by atoms with Crippen LogP contribution in [0.3, 0.4) is 0 Å². The van der Waals surface area contributed by atoms with Gasteiger partial charge in [-0.05, 0) is 12.3 Å². The largest absolute Gasteiger partial charge is 0.353 e. The first-order valence-electron chi connectivity index (χ1n) is 9.87. The molecule has 0 fully saturated rings. The maximum atomic E-state index is 11.5. The van der Waals surface area contributed by atoms with E-state index >= 15 is 0 Å². The van der Waals surface area contributed by atoms with Crippen LogP contribution in [0.4, 0.5) is 0 Å². The van der Waals surface area contributed by atoms with E-state index in [2.05, 4.69) is 26.1 Å². The molecule has 1 unspecified atom stereocenters. The molecule has 0 aromatic carbocycles. The first-order chi connectivity index (χ1) is 10.6. The van der Waals surface area contributed by atoms with Crippen LogP contribution >= 0.6 is 0 Å². The predicted molar refractivity (Wildman–Crippen MR) is 107 cm³/mol. The van der Waals surface area contributed by atoms with Crippen molar-refractivity contribution in [1.29, 1.82) is 0 Å². The zero-order valence-electron chi connectivity index (χ0n) is 18.3. The van der Waals surface area contributed by atoms with E-state index in [0.717, 1.165) is 19.3 Å². The predicted octanol–water partition coefficient (Wildman–Crippen LogP) is 7.08. The minimum atomic E-state index is 0.0958. The summed E-state index contributed by atoms with van der Waals surface area (Å²) in [6.45, 7) is 26.4. The normalized spacial score (nSPS) is 9.59. The lowest BCUT2D eigenvalue weighted by Gasteiger charge is -2.26. The molecular weight excluding hydrogens is 270 g/mol. The zero-order valence-corrected chi connectivity index (χ0v) is 18.3. The summed E-state index contributed by atoms with van der Waals surface area (Å²) in [5.74, 6) is 0.907. The van der Waals surface area contributed by atoms with Gasteiger partial charge in [-0.2, -0.15) is 0 Å². The van der Waals surface area contributed by atoms with Crippen LogP contribution in [0.25, 0.3) is 0 Å². The standard InChI is InChI=1S/C12H25NO.4C2H6/c1-6-10(7-2)11(8-3)13-12(14)9(4)5;4*1-2/h9-11H,6-8H2,1-5H3,(H,13,14);4*1-2H3. The maximum absolute atomic E-state index is 11.5. The summed E-state index contributed by atoms with van der Waals surface area (Å²) in [6, 6.07) is 0.361. The van der Waals surface area contributed by atoms with E-state index in [0.29, 0.717) is 12.0 Å². The van der Waals surface area contributed by atoms with Gasteiger partial charge in [-0.15, -0.1) is 0 Å². The Hall–Kier alpha value is -0.530. The quantitative estimate of drug-likeness (QED) is 0.557. The van der Waals surface area contributed by atoms with Crippen LogP contribution in [0.1, 0.15) is 109 Å². The second-order valence-electron chi connectivity index (χ2n) is 4.25. The fourth-order valence-electron chi connectivity index (χ4n) is 1.76. The molecule has 140 valence electrons. The molecule has 0 rings (SSSR count). The first-order valence-corrected chi connectivity index (χ1v) is 9.87. The molecular formula is C20H49NO. The smallest absolute Gasteiger partial charge is 0.222 e. The van der Waals surface area contributed by atoms with Crippen molar-refractivity contribution >= 4 is 5.91 Å². The van der Waals surface area contributed by atoms with Crippen LogP contribution in [-0.4, -0.2) is 11.9 Å². The topological polar surface area (TPSA) is 29.1 Å². The SMILES string of the molecule is CC.CC.CC.CC.CCC(CC)C(CC)NC(=O)C(C)C. The minimum absolute atomic E-state index is 0.0958. The fourth-order valence-corrected chi connectivity index (χ4v) is 1.76. The van der Waals surface area contributed by atoms with Gasteiger partial charge in [0.2, 0.25) is 5.91 Å². The van der Waals surface area contributed by atoms with Crippen LogP contribution in [0.5, 0.6) is 0 Å². The molecule has 2 heteroatoms. The Morgan fingerprint density at radius 3 is 1.23 bits per heavy atom. The van der Waals surface area contributed by atoms with Gasteiger partial charge in [0, 0.05) is 12.0 Å². The summed E-state index contributed by atoms with van der Waals surface area (Å²) in [6.07, 6.45) is 3.32. The van der Waals surface area contributed by atoms with E-state index in [1.165, 1.54) is 0 Å². The molecule has 0 aliphatic rings. The van der Waals surface area contributed by atoms with Gasteiger partial charge in [0.25, 0.3) is 0 Å². The molecule has 0 spiro atoms. The molecule has 0 heterocycles. The minimum Gasteiger partial charge on any atom is -0.353 e. The number of nitrogens with one attached hydrogen (secondary N) is 1. The highest BCUT2D eigenvalue weighted by molar-refractivity contribution is 5.78. The first kappa shape index (κ1) is 33.2. The lowest BCUT2D eigenvalue weighted by atomic mass is 9.92. The fraction of sp³-hybridized carbons (Fsp3) is 0.950. The average Bonchev–Trinajstić information content (AvgIpc) is 2.61. The molecule has 1 atom stereocenters. The van der Waals surface area contributed by atoms with Crippen molar-refractivity contribution in [3.05, 3.63) is 0 Å². The molecule has 0 radical (unpaired) electrons. The number of carbonyl (C=O) groups excluding carboxylic acids is 1. The Morgan fingerprint density at radius 1 is 0.727 bits per heavy atom. The molecule has 0 saturated heterocycles. The number of hydrogen-bond donors (Lipinski definition) is 1. The van der Waals surface area contributed by atoms with E-state index in [-0.39, 0.29) is 11.8 Å². The van der Waals surface area contributed by atoms with Gasteiger partial charge in [0.1, 0.15) is 0 Å². The number of hydrogen-bond acceptors (Lipinski definition) is 1. The Balaban J connectivity index is -0.000000103. The molecule has 0 bridgehead atoms. The van der Waals surface area contributed by atoms with Gasteiger partial charge in [0.15, 0.2) is 0 Å². The highest BCUT2D eigenvalue weighted by Crippen LogP contribution is 2.16. The lowest BCUT2D eigenvalue weighted by Crippen LogP contribution is -2.41. The summed E-state index contributed by atoms with van der Waals surface area (Å²) in [7, 11) is 0. The van der Waals surface area contributed by atoms with Gasteiger partial charge in [-0.1, -0.05) is 103 Å². The Bertz CT molecular complexity index is 163. The third kappa shape index (κ3) is 21.8. The van der Waals surface area contributed by atoms with Gasteiger partial charge >= 0.3 is 0 Å². The summed E-state index contributed by atoms with van der Waals surface area (Å²) in [5.41, 5.74) is 0. The molecule has 2 nitrogen and oxygen atoms in total. The van der Waals surface area contributed by atoms with Crippen LogP contribution in [0.2, 0.25) is 0 Å². The van der Waals surface area contributed by atoms with Crippen molar-refractivity contribution in [2.45, 2.75) is 115 Å². The molecule has 0 aliphatic carbocycles. The van der Waals surface area contributed by atoms with Crippen LogP contribution in [0.15, 0.2) is 0 Å². The van der Waals surface area contributed by atoms with Crippen molar-refractivity contribution in [3.63, 3.8) is 0 Å². The van der Waals surface area contributed by atoms with E-state index in [9.17, 15) is 4.79 Å². The van der Waals surface area contributed by atoms with E-state index in [1.807, 2.05) is 69.2 Å². The van der Waals surface area contributed by atoms with Crippen molar-refractivity contribution < 1.29 is 4.79 Å². The van der Waals surface area contributed by atoms with E-state index in [4.69, 9.17) is 0 Å². The third-order valence-electron chi connectivity index (χ3n) is 2.91. The summed E-state index contributed by atoms with van der Waals surface area (Å²) in [4.78, 5) is 11.5. The Labute approximate surface area is 143 Å². The average molecular weight is 320 g/mol. The summed E-state index contributed by atoms with van der Waals surface area (Å²) < 4.78 is 0.